The molecule has 0 spiro atoms. The number of ether oxygens (including phenoxy) is 2. The summed E-state index contributed by atoms with van der Waals surface area (Å²) >= 11 is 12.8. The first-order chi connectivity index (χ1) is 22.2. The van der Waals surface area contributed by atoms with E-state index in [1.165, 1.54) is 0 Å². The number of benzene rings is 3. The van der Waals surface area contributed by atoms with Crippen LogP contribution in [0.4, 0.5) is 0 Å². The molecule has 0 aliphatic rings. The van der Waals surface area contributed by atoms with Crippen molar-refractivity contribution in [2.75, 3.05) is 53.5 Å². The van der Waals surface area contributed by atoms with Crippen molar-refractivity contribution in [2.24, 2.45) is 23.2 Å². The molecule has 0 atom stereocenters. The molecule has 46 heavy (non-hydrogen) atoms. The molecular weight excluding hydrogens is 623 g/mol. The van der Waals surface area contributed by atoms with Gasteiger partial charge in [-0.1, -0.05) is 59.6 Å². The first kappa shape index (κ1) is 36.8. The lowest BCUT2D eigenvalue weighted by molar-refractivity contribution is 0.309. The summed E-state index contributed by atoms with van der Waals surface area (Å²) in [6, 6.07) is 19.2. The largest absolute Gasteiger partial charge is 0.492 e. The van der Waals surface area contributed by atoms with Crippen molar-refractivity contribution in [2.45, 2.75) is 25.7 Å². The highest BCUT2D eigenvalue weighted by atomic mass is 35.5. The van der Waals surface area contributed by atoms with Gasteiger partial charge < -0.3 is 41.6 Å². The van der Waals surface area contributed by atoms with E-state index in [2.05, 4.69) is 10.6 Å². The van der Waals surface area contributed by atoms with Gasteiger partial charge >= 0.3 is 0 Å². The molecule has 0 aliphatic heterocycles. The fraction of sp³-hybridized carbons (Fsp3) is 0.353. The molecule has 3 rings (SSSR count). The Morgan fingerprint density at radius 2 is 1.07 bits per heavy atom. The van der Waals surface area contributed by atoms with Gasteiger partial charge in [0.05, 0.1) is 34.7 Å². The Hall–Kier alpha value is -3.64. The molecule has 3 aromatic carbocycles. The second-order valence-corrected chi connectivity index (χ2v) is 11.7. The lowest BCUT2D eigenvalue weighted by atomic mass is 10.1. The molecule has 0 radical (unpaired) electrons. The van der Waals surface area contributed by atoms with Crippen LogP contribution in [-0.2, 0) is 12.8 Å². The van der Waals surface area contributed by atoms with Gasteiger partial charge in [0, 0.05) is 25.5 Å². The number of hydrogen-bond acceptors (Lipinski definition) is 10. The molecule has 3 aromatic rings. The van der Waals surface area contributed by atoms with Crippen molar-refractivity contribution in [3.63, 3.8) is 0 Å². The molecule has 10 nitrogen and oxygen atoms in total. The van der Waals surface area contributed by atoms with Crippen LogP contribution in [0.15, 0.2) is 73.1 Å². The summed E-state index contributed by atoms with van der Waals surface area (Å²) in [7, 11) is 3.83. The van der Waals surface area contributed by atoms with Gasteiger partial charge in [-0.15, -0.1) is 0 Å². The lowest BCUT2D eigenvalue weighted by Gasteiger charge is -2.17. The number of nitrogens with two attached hydrogens (primary N) is 4. The Balaban J connectivity index is 1.47. The Kier molecular flexibility index (Phi) is 15.8. The molecule has 0 aliphatic carbocycles. The molecule has 0 fully saturated rings. The second-order valence-electron chi connectivity index (χ2n) is 10.9. The fourth-order valence-electron chi connectivity index (χ4n) is 4.50. The summed E-state index contributed by atoms with van der Waals surface area (Å²) in [6.07, 6.45) is 6.63. The van der Waals surface area contributed by atoms with E-state index < -0.39 is 0 Å². The van der Waals surface area contributed by atoms with Crippen LogP contribution >= 0.6 is 23.2 Å². The summed E-state index contributed by atoms with van der Waals surface area (Å²) in [6.45, 7) is 4.11. The topological polar surface area (TPSA) is 153 Å². The zero-order valence-corrected chi connectivity index (χ0v) is 28.3. The zero-order chi connectivity index (χ0) is 33.3. The molecule has 0 saturated heterocycles. The van der Waals surface area contributed by atoms with Crippen molar-refractivity contribution in [3.8, 4) is 11.5 Å². The van der Waals surface area contributed by atoms with Gasteiger partial charge in [0.1, 0.15) is 11.5 Å². The minimum atomic E-state index is 0.536. The van der Waals surface area contributed by atoms with E-state index in [4.69, 9.17) is 55.8 Å². The van der Waals surface area contributed by atoms with Gasteiger partial charge in [0.15, 0.2) is 0 Å². The average Bonchev–Trinajstić information content (AvgIpc) is 3.04. The molecule has 0 saturated carbocycles. The summed E-state index contributed by atoms with van der Waals surface area (Å²) in [5.74, 6) is 13.8. The Labute approximate surface area is 283 Å². The summed E-state index contributed by atoms with van der Waals surface area (Å²) in [5.41, 5.74) is 17.5. The smallest absolute Gasteiger partial charge is 0.137 e. The normalized spacial score (nSPS) is 11.9. The van der Waals surface area contributed by atoms with E-state index in [0.717, 1.165) is 48.2 Å². The summed E-state index contributed by atoms with van der Waals surface area (Å²) in [4.78, 5) is 0. The van der Waals surface area contributed by atoms with E-state index in [-0.39, 0.29) is 0 Å². The van der Waals surface area contributed by atoms with Crippen molar-refractivity contribution >= 4 is 34.6 Å². The van der Waals surface area contributed by atoms with Crippen molar-refractivity contribution in [1.82, 2.24) is 20.7 Å². The first-order valence-electron chi connectivity index (χ1n) is 15.4. The van der Waals surface area contributed by atoms with Gasteiger partial charge in [0.25, 0.3) is 0 Å². The molecule has 0 bridgehead atoms. The van der Waals surface area contributed by atoms with Crippen molar-refractivity contribution in [1.29, 1.82) is 0 Å². The number of hydrogen-bond donors (Lipinski definition) is 6. The molecular formula is C34H48Cl2N8O2. The van der Waals surface area contributed by atoms with Crippen LogP contribution in [0.5, 0.6) is 11.5 Å². The molecule has 0 unspecified atom stereocenters. The van der Waals surface area contributed by atoms with E-state index >= 15 is 0 Å². The number of hydrazine groups is 2. The zero-order valence-electron chi connectivity index (χ0n) is 26.8. The molecule has 12 heteroatoms. The lowest BCUT2D eigenvalue weighted by Crippen LogP contribution is -2.28. The molecule has 0 aromatic heterocycles. The first-order valence-corrected chi connectivity index (χ1v) is 16.2. The van der Waals surface area contributed by atoms with Crippen molar-refractivity contribution in [3.05, 3.63) is 105 Å². The minimum Gasteiger partial charge on any atom is -0.492 e. The number of nitrogens with zero attached hydrogens (tertiary/aromatic N) is 2. The molecule has 10 N–H and O–H groups in total. The third-order valence-corrected chi connectivity index (χ3v) is 7.72. The maximum Gasteiger partial charge on any atom is 0.137 e. The van der Waals surface area contributed by atoms with E-state index in [9.17, 15) is 0 Å². The van der Waals surface area contributed by atoms with Crippen LogP contribution in [0.2, 0.25) is 10.0 Å². The van der Waals surface area contributed by atoms with Crippen LogP contribution in [0, 0.1) is 0 Å². The van der Waals surface area contributed by atoms with E-state index in [1.807, 2.05) is 74.8 Å². The van der Waals surface area contributed by atoms with Crippen LogP contribution in [0.3, 0.4) is 0 Å². The van der Waals surface area contributed by atoms with Crippen molar-refractivity contribution < 1.29 is 9.47 Å². The Morgan fingerprint density at radius 3 is 1.41 bits per heavy atom. The predicted molar refractivity (Wildman–Crippen MR) is 191 cm³/mol. The van der Waals surface area contributed by atoms with Gasteiger partial charge in [-0.3, -0.25) is 0 Å². The highest BCUT2D eigenvalue weighted by molar-refractivity contribution is 6.32. The number of halogens is 2. The molecule has 0 amide bonds. The van der Waals surface area contributed by atoms with E-state index in [0.29, 0.717) is 72.1 Å². The van der Waals surface area contributed by atoms with Crippen LogP contribution in [0.1, 0.15) is 35.1 Å². The van der Waals surface area contributed by atoms with Gasteiger partial charge in [-0.25, -0.2) is 11.7 Å². The highest BCUT2D eigenvalue weighted by Crippen LogP contribution is 2.27. The quantitative estimate of drug-likeness (QED) is 0.0582. The maximum absolute atomic E-state index is 6.41. The fourth-order valence-corrected chi connectivity index (χ4v) is 5.02. The standard InChI is InChI=1S/C34H48Cl2N8O2/c1-41-15-3-19-45-33-11-5-25(21-29(33)35)13-17-43(39)23-31(37)27-7-9-28(10-8-27)32(38)24-44(40)18-14-26-6-12-34(30(36)22-26)46-20-4-16-42-2/h5-12,21-24,41-42H,3-4,13-20,37-40H2,1-2H3/b31-23-,32-24-. The third-order valence-electron chi connectivity index (χ3n) is 7.13. The van der Waals surface area contributed by atoms with Crippen LogP contribution in [-0.4, -0.2) is 63.5 Å². The monoisotopic (exact) mass is 670 g/mol. The third kappa shape index (κ3) is 12.6. The minimum absolute atomic E-state index is 0.536. The molecule has 0 heterocycles. The number of nitrogens with one attached hydrogen (secondary N) is 2. The highest BCUT2D eigenvalue weighted by Gasteiger charge is 2.08. The summed E-state index contributed by atoms with van der Waals surface area (Å²) in [5, 5.41) is 10.5. The Morgan fingerprint density at radius 1 is 0.674 bits per heavy atom. The van der Waals surface area contributed by atoms with Crippen LogP contribution in [0.25, 0.3) is 11.4 Å². The maximum atomic E-state index is 6.41. The van der Waals surface area contributed by atoms with Gasteiger partial charge in [0.2, 0.25) is 0 Å². The Bertz CT molecular complexity index is 1310. The van der Waals surface area contributed by atoms with Gasteiger partial charge in [-0.05, 0) is 99.4 Å². The van der Waals surface area contributed by atoms with Crippen LogP contribution < -0.4 is 43.3 Å². The molecule has 250 valence electrons. The van der Waals surface area contributed by atoms with Gasteiger partial charge in [-0.2, -0.15) is 0 Å². The average molecular weight is 672 g/mol. The number of rotatable bonds is 20. The summed E-state index contributed by atoms with van der Waals surface area (Å²) < 4.78 is 11.5. The SMILES string of the molecule is CNCCCOc1ccc(CCN(N)/C=C(\N)c2ccc(/C(N)=C/N(N)CCc3ccc(OCCCNC)c(Cl)c3)cc2)cc1Cl. The van der Waals surface area contributed by atoms with E-state index in [1.54, 1.807) is 22.4 Å². The predicted octanol–water partition coefficient (Wildman–Crippen LogP) is 4.32. The second kappa shape index (κ2) is 19.8.